The van der Waals surface area contributed by atoms with Gasteiger partial charge in [-0.1, -0.05) is 37.4 Å². The summed E-state index contributed by atoms with van der Waals surface area (Å²) >= 11 is 6.74. The topological polar surface area (TPSA) is 103 Å². The number of hydrogen-bond donors (Lipinski definition) is 1. The first-order valence-corrected chi connectivity index (χ1v) is 18.8. The molecule has 0 saturated heterocycles. The lowest BCUT2D eigenvalue weighted by Gasteiger charge is -2.22. The van der Waals surface area contributed by atoms with E-state index in [-0.39, 0.29) is 53.5 Å². The molecule has 0 aliphatic heterocycles. The Bertz CT molecular complexity index is 2490. The molecule has 0 radical (unpaired) electrons. The van der Waals surface area contributed by atoms with Gasteiger partial charge in [0.05, 0.1) is 28.3 Å². The maximum Gasteiger partial charge on any atom is 0.293 e. The quantitative estimate of drug-likeness (QED) is 0.0999. The SMILES string of the molecule is CC(C)C(=O)Cc1nn(C)c2c(-c3ccc(C#CC(C)(C)O)nc3[C@@H](CC(=O)Cn3nc(C(F)F)c4c3C(F)(F)[C@@H]3C[C@H]43)Cc3cc(F)cc(F)c3)ccc(Cl)c12. The van der Waals surface area contributed by atoms with Gasteiger partial charge in [0.15, 0.2) is 5.78 Å². The predicted molar refractivity (Wildman–Crippen MR) is 200 cm³/mol. The van der Waals surface area contributed by atoms with Crippen LogP contribution in [-0.4, -0.2) is 46.8 Å². The van der Waals surface area contributed by atoms with E-state index >= 15 is 8.78 Å². The number of carbonyl (C=O) groups is 2. The predicted octanol–water partition coefficient (Wildman–Crippen LogP) is 8.79. The molecule has 0 bridgehead atoms. The van der Waals surface area contributed by atoms with E-state index in [9.17, 15) is 32.3 Å². The smallest absolute Gasteiger partial charge is 0.293 e. The molecule has 15 heteroatoms. The van der Waals surface area contributed by atoms with Gasteiger partial charge in [0.1, 0.15) is 46.6 Å². The number of pyridine rings is 1. The molecule has 7 rings (SSSR count). The molecule has 2 aromatic carbocycles. The van der Waals surface area contributed by atoms with Crippen LogP contribution in [0.4, 0.5) is 26.3 Å². The highest BCUT2D eigenvalue weighted by molar-refractivity contribution is 6.36. The van der Waals surface area contributed by atoms with E-state index < -0.39 is 77.5 Å². The Morgan fingerprint density at radius 2 is 1.72 bits per heavy atom. The third-order valence-corrected chi connectivity index (χ3v) is 10.8. The molecule has 1 N–H and O–H groups in total. The minimum atomic E-state index is -3.46. The minimum Gasteiger partial charge on any atom is -0.378 e. The van der Waals surface area contributed by atoms with Crippen LogP contribution in [0.1, 0.15) is 98.4 Å². The summed E-state index contributed by atoms with van der Waals surface area (Å²) in [5, 5.41) is 19.6. The van der Waals surface area contributed by atoms with Crippen LogP contribution < -0.4 is 0 Å². The van der Waals surface area contributed by atoms with Crippen molar-refractivity contribution in [2.75, 3.05) is 0 Å². The van der Waals surface area contributed by atoms with Crippen molar-refractivity contribution < 1.29 is 41.0 Å². The van der Waals surface area contributed by atoms with E-state index in [0.29, 0.717) is 43.5 Å². The zero-order valence-electron chi connectivity index (χ0n) is 31.6. The highest BCUT2D eigenvalue weighted by Crippen LogP contribution is 2.68. The molecular formula is C42H38ClF6N5O3. The first-order valence-electron chi connectivity index (χ1n) is 18.4. The standard InChI is InChI=1S/C42H38ClF6N5O3/c1-20(2)33(56)18-32-35-31(43)9-8-28(38(35)53(5)51-32)27-7-6-25(10-11-41(3,4)57)50-36(27)22(12-21-13-23(44)16-24(45)14-21)15-26(55)19-54-39-34(37(52-54)40(46)47)29-17-30(29)42(39,48)49/h6-9,13-14,16,20,22,29-30,40,57H,12,15,17-19H2,1-5H3/t22-,29+,30-/m1/s1. The van der Waals surface area contributed by atoms with Crippen molar-refractivity contribution in [2.45, 2.75) is 89.7 Å². The fraction of sp³-hybridized carbons (Fsp3) is 0.405. The van der Waals surface area contributed by atoms with Gasteiger partial charge in [-0.15, -0.1) is 0 Å². The molecule has 298 valence electrons. The first-order chi connectivity index (χ1) is 26.7. The monoisotopic (exact) mass is 809 g/mol. The van der Waals surface area contributed by atoms with E-state index in [0.717, 1.165) is 12.1 Å². The molecule has 2 aliphatic rings. The Balaban J connectivity index is 1.38. The van der Waals surface area contributed by atoms with Gasteiger partial charge in [0.2, 0.25) is 0 Å². The molecule has 3 aromatic heterocycles. The van der Waals surface area contributed by atoms with Crippen LogP contribution in [0.5, 0.6) is 0 Å². The second-order valence-electron chi connectivity index (χ2n) is 15.7. The minimum absolute atomic E-state index is 0.00195. The Labute approximate surface area is 329 Å². The maximum absolute atomic E-state index is 15.4. The molecule has 3 heterocycles. The number of aryl methyl sites for hydroxylation is 1. The van der Waals surface area contributed by atoms with Crippen LogP contribution in [0.15, 0.2) is 42.5 Å². The molecule has 3 atom stereocenters. The van der Waals surface area contributed by atoms with Gasteiger partial charge in [0.25, 0.3) is 12.3 Å². The number of fused-ring (bicyclic) bond motifs is 4. The van der Waals surface area contributed by atoms with Crippen LogP contribution in [0.25, 0.3) is 22.0 Å². The van der Waals surface area contributed by atoms with Gasteiger partial charge < -0.3 is 5.11 Å². The van der Waals surface area contributed by atoms with Gasteiger partial charge in [-0.3, -0.25) is 19.0 Å². The van der Waals surface area contributed by atoms with Gasteiger partial charge in [-0.2, -0.15) is 19.0 Å². The molecule has 1 fully saturated rings. The zero-order valence-corrected chi connectivity index (χ0v) is 32.4. The highest BCUT2D eigenvalue weighted by Gasteiger charge is 2.67. The second-order valence-corrected chi connectivity index (χ2v) is 16.1. The zero-order chi connectivity index (χ0) is 41.3. The van der Waals surface area contributed by atoms with Crippen LogP contribution in [0.3, 0.4) is 0 Å². The molecule has 8 nitrogen and oxygen atoms in total. The summed E-state index contributed by atoms with van der Waals surface area (Å²) in [6.45, 7) is 5.73. The summed E-state index contributed by atoms with van der Waals surface area (Å²) in [4.78, 5) is 31.8. The molecule has 0 amide bonds. The number of benzene rings is 2. The fourth-order valence-electron chi connectivity index (χ4n) is 7.83. The van der Waals surface area contributed by atoms with E-state index in [1.54, 1.807) is 49.8 Å². The van der Waals surface area contributed by atoms with Crippen molar-refractivity contribution in [1.82, 2.24) is 24.5 Å². The molecule has 0 unspecified atom stereocenters. The number of halogens is 7. The van der Waals surface area contributed by atoms with Crippen LogP contribution in [-0.2, 0) is 41.9 Å². The average molecular weight is 810 g/mol. The van der Waals surface area contributed by atoms with Gasteiger partial charge in [0, 0.05) is 59.4 Å². The summed E-state index contributed by atoms with van der Waals surface area (Å²) in [5.74, 6) is -3.60. The number of nitrogens with zero attached hydrogens (tertiary/aromatic N) is 5. The first kappa shape index (κ1) is 40.2. The third-order valence-electron chi connectivity index (χ3n) is 10.5. The molecule has 1 saturated carbocycles. The molecule has 0 spiro atoms. The lowest BCUT2D eigenvalue weighted by molar-refractivity contribution is -0.121. The summed E-state index contributed by atoms with van der Waals surface area (Å²) in [5.41, 5.74) is -0.657. The number of ketones is 2. The van der Waals surface area contributed by atoms with Crippen LogP contribution in [0.2, 0.25) is 5.02 Å². The van der Waals surface area contributed by atoms with Gasteiger partial charge in [-0.05, 0) is 74.4 Å². The van der Waals surface area contributed by atoms with Crippen molar-refractivity contribution in [2.24, 2.45) is 18.9 Å². The summed E-state index contributed by atoms with van der Waals surface area (Å²) in [6.07, 6.45) is -3.71. The normalized spacial score (nSPS) is 17.5. The number of rotatable bonds is 12. The van der Waals surface area contributed by atoms with Crippen molar-refractivity contribution in [3.8, 4) is 23.0 Å². The lowest BCUT2D eigenvalue weighted by Crippen LogP contribution is -2.24. The Morgan fingerprint density at radius 1 is 1.04 bits per heavy atom. The van der Waals surface area contributed by atoms with Crippen LogP contribution >= 0.6 is 11.6 Å². The molecule has 2 aliphatic carbocycles. The van der Waals surface area contributed by atoms with E-state index in [1.807, 2.05) is 0 Å². The Kier molecular flexibility index (Phi) is 10.4. The number of hydrogen-bond acceptors (Lipinski definition) is 6. The van der Waals surface area contributed by atoms with Crippen molar-refractivity contribution in [1.29, 1.82) is 0 Å². The second kappa shape index (κ2) is 14.7. The molecular weight excluding hydrogens is 772 g/mol. The number of aliphatic hydroxyl groups is 1. The van der Waals surface area contributed by atoms with E-state index in [2.05, 4.69) is 22.0 Å². The molecule has 57 heavy (non-hydrogen) atoms. The Morgan fingerprint density at radius 3 is 2.37 bits per heavy atom. The summed E-state index contributed by atoms with van der Waals surface area (Å²) in [7, 11) is 1.67. The van der Waals surface area contributed by atoms with Crippen molar-refractivity contribution in [3.63, 3.8) is 0 Å². The Hall–Kier alpha value is -5.00. The van der Waals surface area contributed by atoms with E-state index in [1.165, 1.54) is 13.8 Å². The summed E-state index contributed by atoms with van der Waals surface area (Å²) < 4.78 is 90.4. The lowest BCUT2D eigenvalue weighted by atomic mass is 9.86. The van der Waals surface area contributed by atoms with Crippen molar-refractivity contribution >= 4 is 34.1 Å². The number of aromatic nitrogens is 5. The third kappa shape index (κ3) is 7.84. The fourth-order valence-corrected chi connectivity index (χ4v) is 8.09. The average Bonchev–Trinajstić information content (AvgIpc) is 3.65. The van der Waals surface area contributed by atoms with Crippen molar-refractivity contribution in [3.05, 3.63) is 98.7 Å². The van der Waals surface area contributed by atoms with Gasteiger partial charge >= 0.3 is 0 Å². The number of alkyl halides is 4. The summed E-state index contributed by atoms with van der Waals surface area (Å²) in [6, 6.07) is 9.48. The van der Waals surface area contributed by atoms with Gasteiger partial charge in [-0.25, -0.2) is 22.5 Å². The molecule has 5 aromatic rings. The van der Waals surface area contributed by atoms with Crippen LogP contribution in [0, 0.1) is 35.3 Å². The van der Waals surface area contributed by atoms with E-state index in [4.69, 9.17) is 16.6 Å². The number of carbonyl (C=O) groups excluding carboxylic acids is 2. The number of Topliss-reactive ketones (excluding diaryl/α,β-unsaturated/α-hetero) is 2. The largest absolute Gasteiger partial charge is 0.378 e. The maximum atomic E-state index is 15.4. The highest BCUT2D eigenvalue weighted by atomic mass is 35.5.